The Morgan fingerprint density at radius 2 is 1.35 bits per heavy atom. The lowest BCUT2D eigenvalue weighted by atomic mass is 9.77. The molecule has 1 heterocycles. The summed E-state index contributed by atoms with van der Waals surface area (Å²) in [7, 11) is 1.66. The Morgan fingerprint density at radius 1 is 0.850 bits per heavy atom. The number of amides is 2. The zero-order valence-corrected chi connectivity index (χ0v) is 22.7. The molecule has 4 aromatic rings. The zero-order valence-electron chi connectivity index (χ0n) is 22.7. The van der Waals surface area contributed by atoms with Crippen LogP contribution in [0.2, 0.25) is 0 Å². The van der Waals surface area contributed by atoms with Crippen molar-refractivity contribution in [3.63, 3.8) is 0 Å². The first-order chi connectivity index (χ1) is 19.5. The van der Waals surface area contributed by atoms with Gasteiger partial charge in [0, 0.05) is 30.2 Å². The molecule has 3 atom stereocenters. The second-order valence-corrected chi connectivity index (χ2v) is 10.0. The summed E-state index contributed by atoms with van der Waals surface area (Å²) in [5.74, 6) is -0.537. The second-order valence-electron chi connectivity index (χ2n) is 10.0. The molecule has 40 heavy (non-hydrogen) atoms. The first-order valence-corrected chi connectivity index (χ1v) is 13.5. The molecule has 1 aliphatic heterocycles. The van der Waals surface area contributed by atoms with E-state index in [1.807, 2.05) is 128 Å². The fourth-order valence-corrected chi connectivity index (χ4v) is 5.63. The first-order valence-electron chi connectivity index (χ1n) is 13.5. The largest absolute Gasteiger partial charge is 0.430 e. The molecule has 0 bridgehead atoms. The highest BCUT2D eigenvalue weighted by atomic mass is 16.6. The maximum absolute atomic E-state index is 13.9. The molecule has 5 rings (SSSR count). The van der Waals surface area contributed by atoms with Gasteiger partial charge in [-0.25, -0.2) is 9.69 Å². The van der Waals surface area contributed by atoms with E-state index in [1.54, 1.807) is 13.2 Å². The lowest BCUT2D eigenvalue weighted by Crippen LogP contribution is -2.47. The van der Waals surface area contributed by atoms with Crippen LogP contribution in [0, 0.1) is 5.92 Å². The third kappa shape index (κ3) is 5.33. The molecular weight excluding hydrogens is 498 g/mol. The van der Waals surface area contributed by atoms with Gasteiger partial charge in [-0.05, 0) is 17.5 Å². The fourth-order valence-electron chi connectivity index (χ4n) is 5.63. The maximum atomic E-state index is 13.9. The highest BCUT2D eigenvalue weighted by Gasteiger charge is 2.57. The van der Waals surface area contributed by atoms with Crippen LogP contribution in [0.15, 0.2) is 133 Å². The van der Waals surface area contributed by atoms with Crippen LogP contribution in [-0.4, -0.2) is 30.1 Å². The van der Waals surface area contributed by atoms with E-state index in [2.05, 4.69) is 0 Å². The molecule has 0 aromatic heterocycles. The summed E-state index contributed by atoms with van der Waals surface area (Å²) in [5, 5.41) is 0. The van der Waals surface area contributed by atoms with Crippen molar-refractivity contribution in [1.82, 2.24) is 4.90 Å². The van der Waals surface area contributed by atoms with E-state index in [9.17, 15) is 9.59 Å². The number of methoxy groups -OCH3 is 1. The first kappa shape index (κ1) is 27.1. The van der Waals surface area contributed by atoms with E-state index < -0.39 is 23.6 Å². The predicted octanol–water partition coefficient (Wildman–Crippen LogP) is 7.10. The van der Waals surface area contributed by atoms with E-state index in [0.29, 0.717) is 6.42 Å². The highest BCUT2D eigenvalue weighted by Crippen LogP contribution is 2.46. The number of carbonyl (C=O) groups is 2. The Morgan fingerprint density at radius 3 is 1.88 bits per heavy atom. The number of rotatable bonds is 9. The van der Waals surface area contributed by atoms with Crippen LogP contribution in [0.5, 0.6) is 0 Å². The van der Waals surface area contributed by atoms with E-state index in [1.165, 1.54) is 11.0 Å². The maximum Gasteiger partial charge on any atom is 0.418 e. The van der Waals surface area contributed by atoms with Gasteiger partial charge in [-0.15, -0.1) is 0 Å². The molecular formula is C35H33NO4. The van der Waals surface area contributed by atoms with Crippen molar-refractivity contribution in [3.05, 3.63) is 156 Å². The number of imide groups is 1. The Balaban J connectivity index is 1.55. The Hall–Kier alpha value is -4.48. The topological polar surface area (TPSA) is 55.8 Å². The van der Waals surface area contributed by atoms with E-state index >= 15 is 0 Å². The number of benzene rings is 4. The van der Waals surface area contributed by atoms with Gasteiger partial charge in [-0.3, -0.25) is 4.79 Å². The van der Waals surface area contributed by atoms with E-state index in [4.69, 9.17) is 9.47 Å². The third-order valence-electron chi connectivity index (χ3n) is 7.54. The molecule has 1 fully saturated rings. The number of hydrogen-bond donors (Lipinski definition) is 0. The monoisotopic (exact) mass is 531 g/mol. The Kier molecular flexibility index (Phi) is 8.23. The van der Waals surface area contributed by atoms with Gasteiger partial charge in [-0.2, -0.15) is 0 Å². The number of carbonyl (C=O) groups excluding carboxylic acids is 2. The summed E-state index contributed by atoms with van der Waals surface area (Å²) in [4.78, 5) is 28.8. The van der Waals surface area contributed by atoms with Crippen molar-refractivity contribution in [2.24, 2.45) is 5.92 Å². The number of nitrogens with zero attached hydrogens (tertiary/aromatic N) is 1. The number of cyclic esters (lactones) is 1. The van der Waals surface area contributed by atoms with Crippen LogP contribution >= 0.6 is 0 Å². The molecule has 5 heteroatoms. The molecule has 0 unspecified atom stereocenters. The van der Waals surface area contributed by atoms with Crippen LogP contribution in [0.4, 0.5) is 4.79 Å². The summed E-state index contributed by atoms with van der Waals surface area (Å²) >= 11 is 0. The van der Waals surface area contributed by atoms with E-state index in [0.717, 1.165) is 22.3 Å². The summed E-state index contributed by atoms with van der Waals surface area (Å²) in [5.41, 5.74) is 2.47. The zero-order chi connectivity index (χ0) is 28.0. The minimum atomic E-state index is -1.18. The van der Waals surface area contributed by atoms with Crippen LogP contribution in [-0.2, 0) is 26.3 Å². The lowest BCUT2D eigenvalue weighted by Gasteiger charge is -2.35. The minimum Gasteiger partial charge on any atom is -0.430 e. The number of ether oxygens (including phenoxy) is 2. The minimum absolute atomic E-state index is 0.115. The summed E-state index contributed by atoms with van der Waals surface area (Å²) in [6.45, 7) is 1.99. The molecule has 0 N–H and O–H groups in total. The molecule has 0 saturated carbocycles. The van der Waals surface area contributed by atoms with Crippen molar-refractivity contribution in [2.75, 3.05) is 7.11 Å². The van der Waals surface area contributed by atoms with Gasteiger partial charge in [0.1, 0.15) is 0 Å². The van der Waals surface area contributed by atoms with Crippen molar-refractivity contribution < 1.29 is 19.1 Å². The van der Waals surface area contributed by atoms with Crippen molar-refractivity contribution in [2.45, 2.75) is 31.1 Å². The molecule has 202 valence electrons. The van der Waals surface area contributed by atoms with Gasteiger partial charge >= 0.3 is 6.09 Å². The summed E-state index contributed by atoms with van der Waals surface area (Å²) in [6, 6.07) is 38.5. The van der Waals surface area contributed by atoms with Gasteiger partial charge in [-0.1, -0.05) is 134 Å². The Bertz CT molecular complexity index is 1400. The van der Waals surface area contributed by atoms with Gasteiger partial charge < -0.3 is 9.47 Å². The molecule has 0 spiro atoms. The van der Waals surface area contributed by atoms with Crippen LogP contribution < -0.4 is 0 Å². The van der Waals surface area contributed by atoms with Crippen LogP contribution in [0.3, 0.4) is 0 Å². The average molecular weight is 532 g/mol. The van der Waals surface area contributed by atoms with Gasteiger partial charge in [0.05, 0.1) is 12.1 Å². The normalized spacial score (nSPS) is 17.9. The summed E-state index contributed by atoms with van der Waals surface area (Å²) in [6.07, 6.45) is 2.81. The molecule has 1 aliphatic rings. The molecule has 1 saturated heterocycles. The molecule has 5 nitrogen and oxygen atoms in total. The van der Waals surface area contributed by atoms with Crippen molar-refractivity contribution in [1.29, 1.82) is 0 Å². The van der Waals surface area contributed by atoms with Crippen molar-refractivity contribution in [3.8, 4) is 0 Å². The quantitative estimate of drug-likeness (QED) is 0.216. The van der Waals surface area contributed by atoms with Gasteiger partial charge in [0.15, 0.2) is 5.60 Å². The molecule has 0 radical (unpaired) electrons. The molecule has 0 aliphatic carbocycles. The van der Waals surface area contributed by atoms with Crippen LogP contribution in [0.25, 0.3) is 0 Å². The van der Waals surface area contributed by atoms with Crippen molar-refractivity contribution >= 4 is 12.0 Å². The molecule has 2 amide bonds. The smallest absolute Gasteiger partial charge is 0.418 e. The third-order valence-corrected chi connectivity index (χ3v) is 7.54. The summed E-state index contributed by atoms with van der Waals surface area (Å²) < 4.78 is 12.1. The van der Waals surface area contributed by atoms with Crippen LogP contribution in [0.1, 0.15) is 35.3 Å². The molecule has 4 aromatic carbocycles. The highest BCUT2D eigenvalue weighted by molar-refractivity contribution is 6.00. The SMILES string of the molecule is CO[C@@H](c1ccccc1)[C@@H](C)/C=C/C(=O)N1C(=O)OC(c2ccccc2)(c2ccccc2)[C@@H]1Cc1ccccc1. The standard InChI is InChI=1S/C35H33NO4/c1-26(33(39-2)28-17-9-4-10-18-28)23-24-32(37)36-31(25-27-15-7-3-8-16-27)35(40-34(36)38,29-19-11-5-12-20-29)30-21-13-6-14-22-30/h3-24,26,31,33H,25H2,1-2H3/b24-23+/t26-,31-,33+/m0/s1. The predicted molar refractivity (Wildman–Crippen MR) is 155 cm³/mol. The Labute approximate surface area is 235 Å². The van der Waals surface area contributed by atoms with E-state index in [-0.39, 0.29) is 12.0 Å². The van der Waals surface area contributed by atoms with Gasteiger partial charge in [0.2, 0.25) is 0 Å². The second kappa shape index (κ2) is 12.1. The fraction of sp³-hybridized carbons (Fsp3) is 0.200. The average Bonchev–Trinajstić information content (AvgIpc) is 3.30. The number of hydrogen-bond acceptors (Lipinski definition) is 4. The van der Waals surface area contributed by atoms with Gasteiger partial charge in [0.25, 0.3) is 5.91 Å². The lowest BCUT2D eigenvalue weighted by molar-refractivity contribution is -0.124.